The number of ether oxygens (including phenoxy) is 2. The third-order valence-corrected chi connectivity index (χ3v) is 5.46. The first-order valence-corrected chi connectivity index (χ1v) is 10.6. The molecular formula is C25H19BrFN3O2. The number of halogens is 2. The van der Waals surface area contributed by atoms with Gasteiger partial charge in [0.05, 0.1) is 28.2 Å². The summed E-state index contributed by atoms with van der Waals surface area (Å²) < 4.78 is 25.2. The van der Waals surface area contributed by atoms with Crippen LogP contribution in [0, 0.1) is 24.1 Å². The molecule has 5 nitrogen and oxygen atoms in total. The van der Waals surface area contributed by atoms with Gasteiger partial charge in [-0.1, -0.05) is 18.2 Å². The van der Waals surface area contributed by atoms with Crippen LogP contribution in [0.2, 0.25) is 0 Å². The van der Waals surface area contributed by atoms with Gasteiger partial charge < -0.3 is 14.5 Å². The molecule has 160 valence electrons. The predicted molar refractivity (Wildman–Crippen MR) is 126 cm³/mol. The van der Waals surface area contributed by atoms with E-state index >= 15 is 0 Å². The Kier molecular flexibility index (Phi) is 6.24. The molecule has 0 spiro atoms. The van der Waals surface area contributed by atoms with Crippen LogP contribution in [0.4, 0.5) is 4.39 Å². The van der Waals surface area contributed by atoms with Crippen LogP contribution >= 0.6 is 15.9 Å². The van der Waals surface area contributed by atoms with Crippen molar-refractivity contribution >= 4 is 38.6 Å². The number of allylic oxidation sites excluding steroid dienone is 1. The minimum Gasteiger partial charge on any atom is -0.493 e. The number of methoxy groups -OCH3 is 1. The summed E-state index contributed by atoms with van der Waals surface area (Å²) in [6.45, 7) is 2.26. The lowest BCUT2D eigenvalue weighted by Crippen LogP contribution is -1.99. The van der Waals surface area contributed by atoms with Crippen LogP contribution in [0.15, 0.2) is 59.1 Å². The Bertz CT molecular complexity index is 1350. The monoisotopic (exact) mass is 491 g/mol. The van der Waals surface area contributed by atoms with Crippen molar-refractivity contribution in [1.29, 1.82) is 5.26 Å². The number of aryl methyl sites for hydroxylation is 1. The molecule has 0 aliphatic heterocycles. The fourth-order valence-corrected chi connectivity index (χ4v) is 3.84. The highest BCUT2D eigenvalue weighted by molar-refractivity contribution is 9.10. The van der Waals surface area contributed by atoms with Crippen LogP contribution < -0.4 is 9.47 Å². The summed E-state index contributed by atoms with van der Waals surface area (Å²) in [5, 5.41) is 9.73. The number of aromatic amines is 1. The zero-order valence-electron chi connectivity index (χ0n) is 17.4. The lowest BCUT2D eigenvalue weighted by molar-refractivity contribution is 0.282. The normalized spacial score (nSPS) is 11.4. The molecule has 0 bridgehead atoms. The van der Waals surface area contributed by atoms with Gasteiger partial charge in [-0.2, -0.15) is 5.26 Å². The van der Waals surface area contributed by atoms with Crippen molar-refractivity contribution in [2.24, 2.45) is 0 Å². The van der Waals surface area contributed by atoms with E-state index in [2.05, 4.69) is 32.0 Å². The minimum atomic E-state index is -0.295. The molecule has 0 atom stereocenters. The Morgan fingerprint density at radius 3 is 2.69 bits per heavy atom. The average molecular weight is 492 g/mol. The van der Waals surface area contributed by atoms with Gasteiger partial charge in [-0.05, 0) is 82.0 Å². The zero-order valence-corrected chi connectivity index (χ0v) is 19.0. The summed E-state index contributed by atoms with van der Waals surface area (Å²) in [5.74, 6) is 1.23. The first-order valence-electron chi connectivity index (χ1n) is 9.80. The van der Waals surface area contributed by atoms with Gasteiger partial charge in [0.15, 0.2) is 11.5 Å². The quantitative estimate of drug-likeness (QED) is 0.315. The Morgan fingerprint density at radius 2 is 1.97 bits per heavy atom. The maximum absolute atomic E-state index is 13.1. The van der Waals surface area contributed by atoms with E-state index in [-0.39, 0.29) is 12.4 Å². The number of aromatic nitrogens is 2. The van der Waals surface area contributed by atoms with Crippen LogP contribution in [-0.4, -0.2) is 17.1 Å². The van der Waals surface area contributed by atoms with Crippen molar-refractivity contribution in [2.75, 3.05) is 7.11 Å². The van der Waals surface area contributed by atoms with E-state index in [9.17, 15) is 9.65 Å². The number of H-pyrrole nitrogens is 1. The van der Waals surface area contributed by atoms with Crippen molar-refractivity contribution in [2.45, 2.75) is 13.5 Å². The van der Waals surface area contributed by atoms with Crippen molar-refractivity contribution < 1.29 is 13.9 Å². The lowest BCUT2D eigenvalue weighted by atomic mass is 10.1. The van der Waals surface area contributed by atoms with Crippen molar-refractivity contribution in [3.05, 3.63) is 87.4 Å². The van der Waals surface area contributed by atoms with Crippen molar-refractivity contribution in [3.63, 3.8) is 0 Å². The van der Waals surface area contributed by atoms with E-state index in [4.69, 9.17) is 9.47 Å². The number of rotatable bonds is 6. The highest BCUT2D eigenvalue weighted by Crippen LogP contribution is 2.38. The Labute approximate surface area is 193 Å². The van der Waals surface area contributed by atoms with Gasteiger partial charge in [-0.15, -0.1) is 0 Å². The molecule has 4 aromatic rings. The Hall–Kier alpha value is -3.63. The summed E-state index contributed by atoms with van der Waals surface area (Å²) in [7, 11) is 1.55. The van der Waals surface area contributed by atoms with Gasteiger partial charge in [0.1, 0.15) is 24.3 Å². The smallest absolute Gasteiger partial charge is 0.175 e. The third-order valence-electron chi connectivity index (χ3n) is 4.87. The van der Waals surface area contributed by atoms with Crippen molar-refractivity contribution in [3.8, 4) is 17.6 Å². The first kappa shape index (κ1) is 21.6. The summed E-state index contributed by atoms with van der Waals surface area (Å²) in [5.41, 5.74) is 4.76. The molecule has 0 saturated heterocycles. The molecule has 4 rings (SSSR count). The minimum absolute atomic E-state index is 0.256. The van der Waals surface area contributed by atoms with Crippen LogP contribution in [0.5, 0.6) is 11.5 Å². The topological polar surface area (TPSA) is 70.9 Å². The largest absolute Gasteiger partial charge is 0.493 e. The maximum atomic E-state index is 13.1. The first-order chi connectivity index (χ1) is 15.5. The lowest BCUT2D eigenvalue weighted by Gasteiger charge is -2.14. The number of nitriles is 1. The second kappa shape index (κ2) is 9.25. The fraction of sp³-hybridized carbons (Fsp3) is 0.120. The summed E-state index contributed by atoms with van der Waals surface area (Å²) >= 11 is 3.53. The second-order valence-electron chi connectivity index (χ2n) is 7.23. The zero-order chi connectivity index (χ0) is 22.7. The van der Waals surface area contributed by atoms with Gasteiger partial charge in [0.25, 0.3) is 0 Å². The Balaban J connectivity index is 1.63. The predicted octanol–water partition coefficient (Wildman–Crippen LogP) is 6.42. The fourth-order valence-electron chi connectivity index (χ4n) is 3.27. The number of nitrogens with one attached hydrogen (secondary N) is 1. The SMILES string of the molecule is COc1cc(C=C(C#N)c2nc3ccc(C)cc3[nH]2)cc(Br)c1OCc1ccc(F)cc1. The molecule has 32 heavy (non-hydrogen) atoms. The van der Waals surface area contributed by atoms with Gasteiger partial charge in [-0.3, -0.25) is 0 Å². The van der Waals surface area contributed by atoms with Crippen LogP contribution in [0.3, 0.4) is 0 Å². The molecule has 1 N–H and O–H groups in total. The highest BCUT2D eigenvalue weighted by Gasteiger charge is 2.14. The number of imidazole rings is 1. The molecule has 0 fully saturated rings. The molecule has 0 amide bonds. The Morgan fingerprint density at radius 1 is 1.19 bits per heavy atom. The molecule has 0 unspecified atom stereocenters. The number of fused-ring (bicyclic) bond motifs is 1. The molecule has 7 heteroatoms. The summed E-state index contributed by atoms with van der Waals surface area (Å²) in [6, 6.07) is 17.9. The molecule has 0 aliphatic rings. The van der Waals surface area contributed by atoms with E-state index in [0.717, 1.165) is 27.7 Å². The van der Waals surface area contributed by atoms with Gasteiger partial charge in [0, 0.05) is 0 Å². The van der Waals surface area contributed by atoms with Gasteiger partial charge >= 0.3 is 0 Å². The average Bonchev–Trinajstić information content (AvgIpc) is 3.20. The molecular weight excluding hydrogens is 473 g/mol. The number of hydrogen-bond donors (Lipinski definition) is 1. The number of nitrogens with zero attached hydrogens (tertiary/aromatic N) is 2. The molecule has 0 aliphatic carbocycles. The van der Waals surface area contributed by atoms with E-state index in [1.165, 1.54) is 12.1 Å². The second-order valence-corrected chi connectivity index (χ2v) is 8.08. The summed E-state index contributed by atoms with van der Waals surface area (Å²) in [4.78, 5) is 7.74. The van der Waals surface area contributed by atoms with Crippen LogP contribution in [0.25, 0.3) is 22.7 Å². The van der Waals surface area contributed by atoms with Gasteiger partial charge in [-0.25, -0.2) is 9.37 Å². The van der Waals surface area contributed by atoms with Crippen molar-refractivity contribution in [1.82, 2.24) is 9.97 Å². The van der Waals surface area contributed by atoms with Crippen LogP contribution in [0.1, 0.15) is 22.5 Å². The molecule has 1 aromatic heterocycles. The standard InChI is InChI=1S/C25H19BrFN3O2/c1-15-3-8-21-22(9-15)30-25(29-21)18(13-28)10-17-11-20(26)24(23(12-17)31-2)32-14-16-4-6-19(27)7-5-16/h3-12H,14H2,1-2H3,(H,29,30). The highest BCUT2D eigenvalue weighted by atomic mass is 79.9. The van der Waals surface area contributed by atoms with E-state index < -0.39 is 0 Å². The summed E-state index contributed by atoms with van der Waals surface area (Å²) in [6.07, 6.45) is 1.74. The van der Waals surface area contributed by atoms with E-state index in [0.29, 0.717) is 27.4 Å². The third kappa shape index (κ3) is 4.66. The number of hydrogen-bond acceptors (Lipinski definition) is 4. The van der Waals surface area contributed by atoms with E-state index in [1.54, 1.807) is 31.4 Å². The maximum Gasteiger partial charge on any atom is 0.175 e. The molecule has 0 radical (unpaired) electrons. The molecule has 3 aromatic carbocycles. The van der Waals surface area contributed by atoms with Gasteiger partial charge in [0.2, 0.25) is 0 Å². The van der Waals surface area contributed by atoms with Crippen LogP contribution in [-0.2, 0) is 6.61 Å². The molecule has 0 saturated carbocycles. The number of benzene rings is 3. The van der Waals surface area contributed by atoms with E-state index in [1.807, 2.05) is 31.2 Å². The molecule has 1 heterocycles.